The maximum absolute atomic E-state index is 13.6. The van der Waals surface area contributed by atoms with Crippen LogP contribution in [0.25, 0.3) is 11.1 Å². The maximum atomic E-state index is 13.6. The Bertz CT molecular complexity index is 1140. The van der Waals surface area contributed by atoms with Gasteiger partial charge in [0, 0.05) is 0 Å². The summed E-state index contributed by atoms with van der Waals surface area (Å²) < 4.78 is 27.2. The van der Waals surface area contributed by atoms with Gasteiger partial charge in [-0.15, -0.1) is 0 Å². The molecule has 0 unspecified atom stereocenters. The Labute approximate surface area is 193 Å². The minimum absolute atomic E-state index is 0.446. The largest absolute Gasteiger partial charge is 0.205 e. The molecule has 0 bridgehead atoms. The van der Waals surface area contributed by atoms with E-state index in [2.05, 4.69) is 79.7 Å². The van der Waals surface area contributed by atoms with E-state index in [1.807, 2.05) is 6.07 Å². The molecule has 0 amide bonds. The third kappa shape index (κ3) is 5.44. The molecular formula is C29H25ClF2. The predicted octanol–water partition coefficient (Wildman–Crippen LogP) is 8.42. The summed E-state index contributed by atoms with van der Waals surface area (Å²) >= 11 is 5.55. The first-order valence-electron chi connectivity index (χ1n) is 10.9. The van der Waals surface area contributed by atoms with E-state index in [4.69, 9.17) is 11.6 Å². The fourth-order valence-corrected chi connectivity index (χ4v) is 4.10. The average Bonchev–Trinajstić information content (AvgIpc) is 2.82. The molecule has 1 atom stereocenters. The summed E-state index contributed by atoms with van der Waals surface area (Å²) in [7, 11) is 0. The van der Waals surface area contributed by atoms with Gasteiger partial charge in [0.25, 0.3) is 0 Å². The molecule has 0 saturated heterocycles. The molecule has 0 fully saturated rings. The Kier molecular flexibility index (Phi) is 7.02. The second-order valence-electron chi connectivity index (χ2n) is 8.28. The molecule has 4 rings (SSSR count). The van der Waals surface area contributed by atoms with Crippen LogP contribution in [0, 0.1) is 11.6 Å². The molecule has 0 aromatic heterocycles. The van der Waals surface area contributed by atoms with E-state index in [0.717, 1.165) is 17.5 Å². The number of aryl methyl sites for hydroxylation is 2. The first kappa shape index (κ1) is 22.2. The van der Waals surface area contributed by atoms with Crippen LogP contribution in [0.15, 0.2) is 91.0 Å². The van der Waals surface area contributed by atoms with Gasteiger partial charge in [0.1, 0.15) is 16.7 Å². The van der Waals surface area contributed by atoms with Crippen LogP contribution in [0.3, 0.4) is 0 Å². The first-order valence-corrected chi connectivity index (χ1v) is 11.2. The minimum Gasteiger partial charge on any atom is -0.205 e. The lowest BCUT2D eigenvalue weighted by Crippen LogP contribution is -1.98. The zero-order valence-electron chi connectivity index (χ0n) is 18.0. The normalized spacial score (nSPS) is 12.0. The summed E-state index contributed by atoms with van der Waals surface area (Å²) in [6, 6.07) is 30.3. The highest BCUT2D eigenvalue weighted by atomic mass is 35.5. The summed E-state index contributed by atoms with van der Waals surface area (Å²) in [6.07, 6.45) is 2.27. The SMILES string of the molecule is C[C@@H](Cc1ccc(-c2ccc(CCc3cc(F)c(Cl)c(F)c3)cc2)cc1)c1ccccc1. The monoisotopic (exact) mass is 446 g/mol. The number of hydrogen-bond acceptors (Lipinski definition) is 0. The molecular weight excluding hydrogens is 422 g/mol. The highest BCUT2D eigenvalue weighted by molar-refractivity contribution is 6.30. The van der Waals surface area contributed by atoms with Crippen LogP contribution in [0.5, 0.6) is 0 Å². The lowest BCUT2D eigenvalue weighted by Gasteiger charge is -2.12. The zero-order chi connectivity index (χ0) is 22.5. The maximum Gasteiger partial charge on any atom is 0.145 e. The average molecular weight is 447 g/mol. The second-order valence-corrected chi connectivity index (χ2v) is 8.66. The molecule has 0 N–H and O–H groups in total. The van der Waals surface area contributed by atoms with Gasteiger partial charge in [0.05, 0.1) is 0 Å². The van der Waals surface area contributed by atoms with Gasteiger partial charge >= 0.3 is 0 Å². The van der Waals surface area contributed by atoms with Gasteiger partial charge in [0.2, 0.25) is 0 Å². The van der Waals surface area contributed by atoms with Crippen LogP contribution in [0.2, 0.25) is 5.02 Å². The molecule has 0 spiro atoms. The van der Waals surface area contributed by atoms with Crippen molar-refractivity contribution in [2.24, 2.45) is 0 Å². The Morgan fingerprint density at radius 3 is 1.72 bits per heavy atom. The van der Waals surface area contributed by atoms with Crippen LogP contribution in [0.4, 0.5) is 8.78 Å². The number of halogens is 3. The van der Waals surface area contributed by atoms with E-state index in [0.29, 0.717) is 24.3 Å². The van der Waals surface area contributed by atoms with Gasteiger partial charge in [-0.25, -0.2) is 8.78 Å². The molecule has 0 aliphatic carbocycles. The molecule has 0 aliphatic rings. The Hall–Kier alpha value is -2.97. The lowest BCUT2D eigenvalue weighted by atomic mass is 9.93. The van der Waals surface area contributed by atoms with Gasteiger partial charge < -0.3 is 0 Å². The predicted molar refractivity (Wildman–Crippen MR) is 129 cm³/mol. The number of rotatable bonds is 7. The van der Waals surface area contributed by atoms with Crippen LogP contribution >= 0.6 is 11.6 Å². The molecule has 32 heavy (non-hydrogen) atoms. The first-order chi connectivity index (χ1) is 15.5. The van der Waals surface area contributed by atoms with Crippen molar-refractivity contribution in [2.75, 3.05) is 0 Å². The van der Waals surface area contributed by atoms with Crippen LogP contribution < -0.4 is 0 Å². The van der Waals surface area contributed by atoms with Gasteiger partial charge in [-0.2, -0.15) is 0 Å². The van der Waals surface area contributed by atoms with E-state index in [-0.39, 0.29) is 0 Å². The fourth-order valence-electron chi connectivity index (χ4n) is 3.99. The van der Waals surface area contributed by atoms with Crippen molar-refractivity contribution in [1.82, 2.24) is 0 Å². The van der Waals surface area contributed by atoms with Crippen molar-refractivity contribution < 1.29 is 8.78 Å². The number of hydrogen-bond donors (Lipinski definition) is 0. The van der Waals surface area contributed by atoms with E-state index < -0.39 is 16.7 Å². The molecule has 3 heteroatoms. The van der Waals surface area contributed by atoms with Crippen LogP contribution in [-0.2, 0) is 19.3 Å². The lowest BCUT2D eigenvalue weighted by molar-refractivity contribution is 0.580. The molecule has 0 nitrogen and oxygen atoms in total. The quantitative estimate of drug-likeness (QED) is 0.250. The summed E-state index contributed by atoms with van der Waals surface area (Å²) in [6.45, 7) is 2.26. The standard InChI is InChI=1S/C29H25ClF2/c1-20(24-5-3-2-4-6-24)17-22-11-15-26(16-12-22)25-13-9-21(10-14-25)7-8-23-18-27(31)29(30)28(32)19-23/h2-6,9-16,18-20H,7-8,17H2,1H3/t20-/m0/s1. The Balaban J connectivity index is 1.37. The summed E-state index contributed by atoms with van der Waals surface area (Å²) in [5, 5.41) is -0.446. The fraction of sp³-hybridized carbons (Fsp3) is 0.172. The summed E-state index contributed by atoms with van der Waals surface area (Å²) in [4.78, 5) is 0. The van der Waals surface area contributed by atoms with Crippen molar-refractivity contribution in [3.05, 3.63) is 130 Å². The molecule has 4 aromatic rings. The topological polar surface area (TPSA) is 0 Å². The minimum atomic E-state index is -0.710. The van der Waals surface area contributed by atoms with Crippen LogP contribution in [0.1, 0.15) is 35.1 Å². The molecule has 0 heterocycles. The smallest absolute Gasteiger partial charge is 0.145 e. The van der Waals surface area contributed by atoms with Crippen molar-refractivity contribution in [3.8, 4) is 11.1 Å². The van der Waals surface area contributed by atoms with Crippen molar-refractivity contribution in [3.63, 3.8) is 0 Å². The highest BCUT2D eigenvalue weighted by Gasteiger charge is 2.09. The van der Waals surface area contributed by atoms with E-state index in [9.17, 15) is 8.78 Å². The highest BCUT2D eigenvalue weighted by Crippen LogP contribution is 2.25. The van der Waals surface area contributed by atoms with Gasteiger partial charge in [-0.1, -0.05) is 97.4 Å². The van der Waals surface area contributed by atoms with Crippen molar-refractivity contribution >= 4 is 11.6 Å². The van der Waals surface area contributed by atoms with E-state index >= 15 is 0 Å². The van der Waals surface area contributed by atoms with E-state index in [1.165, 1.54) is 28.8 Å². The molecule has 162 valence electrons. The molecule has 4 aromatic carbocycles. The van der Waals surface area contributed by atoms with Crippen molar-refractivity contribution in [2.45, 2.75) is 32.1 Å². The summed E-state index contributed by atoms with van der Waals surface area (Å²) in [5.41, 5.74) is 6.74. The van der Waals surface area contributed by atoms with Gasteiger partial charge in [-0.3, -0.25) is 0 Å². The Morgan fingerprint density at radius 1 is 0.656 bits per heavy atom. The molecule has 0 aliphatic heterocycles. The Morgan fingerprint density at radius 2 is 1.16 bits per heavy atom. The van der Waals surface area contributed by atoms with Gasteiger partial charge in [-0.05, 0) is 70.7 Å². The van der Waals surface area contributed by atoms with Crippen LogP contribution in [-0.4, -0.2) is 0 Å². The number of benzene rings is 4. The van der Waals surface area contributed by atoms with Crippen molar-refractivity contribution in [1.29, 1.82) is 0 Å². The second kappa shape index (κ2) is 10.1. The van der Waals surface area contributed by atoms with E-state index in [1.54, 1.807) is 0 Å². The van der Waals surface area contributed by atoms with Gasteiger partial charge in [0.15, 0.2) is 0 Å². The molecule has 0 saturated carbocycles. The third-order valence-corrected chi connectivity index (χ3v) is 6.26. The zero-order valence-corrected chi connectivity index (χ0v) is 18.7. The summed E-state index contributed by atoms with van der Waals surface area (Å²) in [5.74, 6) is -0.943. The third-order valence-electron chi connectivity index (χ3n) is 5.90. The molecule has 0 radical (unpaired) electrons.